The fourth-order valence-corrected chi connectivity index (χ4v) is 11.7. The summed E-state index contributed by atoms with van der Waals surface area (Å²) in [7, 11) is 0. The molecule has 0 bridgehead atoms. The van der Waals surface area contributed by atoms with Gasteiger partial charge in [0.2, 0.25) is 5.82 Å². The molecule has 0 fully saturated rings. The van der Waals surface area contributed by atoms with Crippen LogP contribution in [-0.2, 0) is 42.7 Å². The first-order valence-electron chi connectivity index (χ1n) is 29.6. The van der Waals surface area contributed by atoms with Crippen LogP contribution in [0, 0.1) is 47.9 Å². The van der Waals surface area contributed by atoms with Crippen molar-refractivity contribution in [3.63, 3.8) is 0 Å². The number of halogens is 5. The van der Waals surface area contributed by atoms with Crippen molar-refractivity contribution in [1.82, 2.24) is 9.55 Å². The average molecular weight is 1350 g/mol. The maximum absolute atomic E-state index is 16.9. The van der Waals surface area contributed by atoms with E-state index in [1.54, 1.807) is 6.07 Å². The molecule has 0 unspecified atom stereocenters. The van der Waals surface area contributed by atoms with Crippen LogP contribution in [0.15, 0.2) is 140 Å². The van der Waals surface area contributed by atoms with Crippen LogP contribution in [0.3, 0.4) is 0 Å². The molecule has 10 aromatic rings. The number of ether oxygens (including phenoxy) is 1. The fraction of sp³-hybridized carbons (Fsp3) is 0.289. The Hall–Kier alpha value is -7.55. The summed E-state index contributed by atoms with van der Waals surface area (Å²) in [6.07, 6.45) is 1.85. The molecule has 0 saturated carbocycles. The van der Waals surface area contributed by atoms with Crippen molar-refractivity contribution in [2.75, 3.05) is 9.80 Å². The second-order valence-electron chi connectivity index (χ2n) is 27.7. The fourth-order valence-electron chi connectivity index (χ4n) is 11.7. The van der Waals surface area contributed by atoms with E-state index in [-0.39, 0.29) is 60.4 Å². The van der Waals surface area contributed by atoms with Crippen molar-refractivity contribution in [1.29, 1.82) is 0 Å². The van der Waals surface area contributed by atoms with Gasteiger partial charge in [-0.2, -0.15) is 6.07 Å². The van der Waals surface area contributed by atoms with Gasteiger partial charge in [0, 0.05) is 72.5 Å². The number of anilines is 4. The normalized spacial score (nSPS) is 13.1. The molecule has 11 heteroatoms. The van der Waals surface area contributed by atoms with Crippen molar-refractivity contribution in [3.8, 4) is 50.7 Å². The number of para-hydroxylation sites is 3. The van der Waals surface area contributed by atoms with Gasteiger partial charge in [0.15, 0.2) is 23.3 Å². The Kier molecular flexibility index (Phi) is 16.4. The van der Waals surface area contributed by atoms with E-state index in [0.717, 1.165) is 66.6 Å². The topological polar surface area (TPSA) is 33.5 Å². The summed E-state index contributed by atoms with van der Waals surface area (Å²) in [5, 5.41) is 2.02. The Morgan fingerprint density at radius 3 is 1.60 bits per heavy atom. The van der Waals surface area contributed by atoms with E-state index in [2.05, 4.69) is 180 Å². The summed E-state index contributed by atoms with van der Waals surface area (Å²) in [4.78, 5) is 8.67. The third-order valence-corrected chi connectivity index (χ3v) is 16.7. The summed E-state index contributed by atoms with van der Waals surface area (Å²) in [6.45, 7) is 35.7. The minimum absolute atomic E-state index is 0. The number of aromatic nitrogens is 2. The van der Waals surface area contributed by atoms with Crippen LogP contribution in [0.5, 0.6) is 11.5 Å². The van der Waals surface area contributed by atoms with Gasteiger partial charge in [-0.05, 0) is 126 Å². The monoisotopic (exact) mass is 1350 g/mol. The molecule has 2 aromatic heterocycles. The van der Waals surface area contributed by atoms with Gasteiger partial charge < -0.3 is 19.1 Å². The number of benzene rings is 8. The standard InChI is InChI=1S/C76H74F5N4O.Pt/c1-43(2)54-23-21-24-55(44(3)4)65(54)46-34-51(40-53(35-46)86-52-28-29-57-56-22-17-18-25-60(56)85(63(57)41-52)64-39-47(30-31-82-64)73(5,6)7)83-42-84(62-27-20-19-26-61(62)83)72-58(45-32-48(74(8,9)10)36-49(33-45)75(11,12)13)37-50(76(14,15)16)38-59(72)66-67(77)69(79)71(81)70(80)68(66)78;/h17-39,42-44H,1-16H3;/q-3;. The summed E-state index contributed by atoms with van der Waals surface area (Å²) >= 11 is 0. The van der Waals surface area contributed by atoms with E-state index in [1.807, 2.05) is 98.0 Å². The molecule has 11 rings (SSSR count). The minimum atomic E-state index is -2.23. The Balaban J connectivity index is 0.00000838. The molecule has 1 aliphatic rings. The van der Waals surface area contributed by atoms with Crippen LogP contribution in [0.2, 0.25) is 0 Å². The van der Waals surface area contributed by atoms with Gasteiger partial charge in [0.1, 0.15) is 5.82 Å². The molecule has 452 valence electrons. The molecule has 8 aromatic carbocycles. The number of pyridine rings is 1. The predicted octanol–water partition coefficient (Wildman–Crippen LogP) is 22.1. The number of hydrogen-bond acceptors (Lipinski definition) is 4. The van der Waals surface area contributed by atoms with Crippen molar-refractivity contribution in [2.45, 2.75) is 144 Å². The zero-order valence-electron chi connectivity index (χ0n) is 52.4. The van der Waals surface area contributed by atoms with Gasteiger partial charge in [0.05, 0.1) is 5.56 Å². The predicted molar refractivity (Wildman–Crippen MR) is 343 cm³/mol. The third-order valence-electron chi connectivity index (χ3n) is 16.7. The molecular weight excluding hydrogens is 1270 g/mol. The van der Waals surface area contributed by atoms with E-state index in [0.29, 0.717) is 45.3 Å². The van der Waals surface area contributed by atoms with Gasteiger partial charge in [-0.15, -0.1) is 53.6 Å². The van der Waals surface area contributed by atoms with Crippen molar-refractivity contribution in [2.24, 2.45) is 0 Å². The molecule has 0 aliphatic carbocycles. The van der Waals surface area contributed by atoms with Gasteiger partial charge >= 0.3 is 0 Å². The van der Waals surface area contributed by atoms with E-state index < -0.39 is 40.1 Å². The molecule has 5 nitrogen and oxygen atoms in total. The Morgan fingerprint density at radius 1 is 0.471 bits per heavy atom. The summed E-state index contributed by atoms with van der Waals surface area (Å²) in [5.74, 6) is -8.33. The van der Waals surface area contributed by atoms with Crippen LogP contribution in [0.4, 0.5) is 44.7 Å². The van der Waals surface area contributed by atoms with Crippen LogP contribution >= 0.6 is 0 Å². The van der Waals surface area contributed by atoms with E-state index in [4.69, 9.17) is 9.72 Å². The molecule has 0 N–H and O–H groups in total. The maximum atomic E-state index is 16.9. The zero-order chi connectivity index (χ0) is 61.9. The third kappa shape index (κ3) is 11.5. The van der Waals surface area contributed by atoms with Crippen molar-refractivity contribution < 1.29 is 47.8 Å². The van der Waals surface area contributed by atoms with Crippen LogP contribution < -0.4 is 14.5 Å². The second kappa shape index (κ2) is 22.9. The van der Waals surface area contributed by atoms with Crippen LogP contribution in [0.25, 0.3) is 61.0 Å². The molecule has 0 amide bonds. The first-order valence-corrected chi connectivity index (χ1v) is 29.6. The smallest absolute Gasteiger partial charge is 0.200 e. The first-order chi connectivity index (χ1) is 40.4. The van der Waals surface area contributed by atoms with E-state index in [9.17, 15) is 0 Å². The Morgan fingerprint density at radius 2 is 1.01 bits per heavy atom. The largest absolute Gasteiger partial charge is 0.509 e. The van der Waals surface area contributed by atoms with Gasteiger partial charge in [0.25, 0.3) is 0 Å². The number of hydrogen-bond donors (Lipinski definition) is 0. The zero-order valence-corrected chi connectivity index (χ0v) is 54.7. The molecule has 3 heterocycles. The Labute approximate surface area is 524 Å². The van der Waals surface area contributed by atoms with Crippen molar-refractivity contribution in [3.05, 3.63) is 221 Å². The molecular formula is C76H74F5N4OPt-3. The summed E-state index contributed by atoms with van der Waals surface area (Å²) < 4.78 is 89.9. The maximum Gasteiger partial charge on any atom is 0.200 e. The summed E-state index contributed by atoms with van der Waals surface area (Å²) in [5.41, 5.74) is 10.2. The second-order valence-corrected chi connectivity index (χ2v) is 27.7. The SMILES string of the molecule is CC(C)c1cccc(C(C)C)c1-c1cc(Oc2[c-]c3c(cc2)c2ccccc2n3-c2cc(C(C)(C)C)ccn2)[c-]c(N2[CH-]N(c3c(-c4cc(C(C)(C)C)cc(C(C)(C)C)c4)cc(C(C)(C)C)cc3-c3c(F)c(F)c(F)c(F)c3F)c3ccccc32)c1.[Pt]. The number of nitrogens with zero attached hydrogens (tertiary/aromatic N) is 4. The molecule has 87 heavy (non-hydrogen) atoms. The number of fused-ring (bicyclic) bond motifs is 4. The van der Waals surface area contributed by atoms with Crippen LogP contribution in [-0.4, -0.2) is 9.55 Å². The number of rotatable bonds is 10. The van der Waals surface area contributed by atoms with Crippen LogP contribution in [0.1, 0.15) is 156 Å². The quantitative estimate of drug-likeness (QED) is 0.0591. The molecule has 0 radical (unpaired) electrons. The van der Waals surface area contributed by atoms with Gasteiger partial charge in [-0.3, -0.25) is 0 Å². The Bertz CT molecular complexity index is 4240. The van der Waals surface area contributed by atoms with E-state index >= 15 is 22.0 Å². The van der Waals surface area contributed by atoms with E-state index in [1.165, 1.54) is 0 Å². The van der Waals surface area contributed by atoms with Crippen molar-refractivity contribution >= 4 is 44.6 Å². The molecule has 0 saturated heterocycles. The average Bonchev–Trinajstić information content (AvgIpc) is 1.81. The molecule has 0 atom stereocenters. The first kappa shape index (κ1) is 62.5. The summed E-state index contributed by atoms with van der Waals surface area (Å²) in [6, 6.07) is 51.7. The van der Waals surface area contributed by atoms with Gasteiger partial charge in [-0.1, -0.05) is 183 Å². The van der Waals surface area contributed by atoms with Gasteiger partial charge in [-0.25, -0.2) is 26.9 Å². The molecule has 0 spiro atoms. The molecule has 1 aliphatic heterocycles. The minimum Gasteiger partial charge on any atom is -0.509 e.